The molecule has 0 aliphatic rings. The zero-order chi connectivity index (χ0) is 13.0. The third-order valence-electron chi connectivity index (χ3n) is 2.74. The molecular weight excluding hydrogens is 246 g/mol. The molecule has 1 atom stereocenters. The monoisotopic (exact) mass is 261 g/mol. The summed E-state index contributed by atoms with van der Waals surface area (Å²) in [6.45, 7) is 0. The van der Waals surface area contributed by atoms with Crippen molar-refractivity contribution in [1.82, 2.24) is 0 Å². The maximum atomic E-state index is 12.3. The molecule has 0 spiro atoms. The number of aromatic hydroxyl groups is 1. The Morgan fingerprint density at radius 3 is 2.28 bits per heavy atom. The van der Waals surface area contributed by atoms with Gasteiger partial charge in [0.2, 0.25) is 0 Å². The molecule has 2 aromatic rings. The van der Waals surface area contributed by atoms with Crippen molar-refractivity contribution < 1.29 is 9.32 Å². The lowest BCUT2D eigenvalue weighted by molar-refractivity contribution is 0.461. The first kappa shape index (κ1) is 12.6. The van der Waals surface area contributed by atoms with E-state index in [2.05, 4.69) is 0 Å². The molecular formula is C14H15NO2S. The van der Waals surface area contributed by atoms with E-state index in [1.807, 2.05) is 30.3 Å². The highest BCUT2D eigenvalue weighted by Crippen LogP contribution is 2.23. The van der Waals surface area contributed by atoms with Gasteiger partial charge >= 0.3 is 0 Å². The van der Waals surface area contributed by atoms with Gasteiger partial charge in [0.15, 0.2) is 0 Å². The van der Waals surface area contributed by atoms with E-state index < -0.39 is 9.73 Å². The van der Waals surface area contributed by atoms with Crippen molar-refractivity contribution in [2.24, 2.45) is 0 Å². The second kappa shape index (κ2) is 5.23. The molecule has 94 valence electrons. The van der Waals surface area contributed by atoms with Crippen molar-refractivity contribution in [1.29, 1.82) is 4.78 Å². The van der Waals surface area contributed by atoms with E-state index in [9.17, 15) is 9.32 Å². The van der Waals surface area contributed by atoms with E-state index in [4.69, 9.17) is 4.78 Å². The fraction of sp³-hybridized carbons (Fsp3) is 0.143. The van der Waals surface area contributed by atoms with Crippen molar-refractivity contribution in [3.63, 3.8) is 0 Å². The van der Waals surface area contributed by atoms with Gasteiger partial charge in [-0.05, 0) is 24.1 Å². The van der Waals surface area contributed by atoms with Crippen molar-refractivity contribution >= 4 is 9.73 Å². The normalized spacial score (nSPS) is 14.0. The van der Waals surface area contributed by atoms with Gasteiger partial charge in [0.1, 0.15) is 5.75 Å². The summed E-state index contributed by atoms with van der Waals surface area (Å²) in [5.74, 6) is 0.153. The molecule has 0 fully saturated rings. The molecule has 0 heterocycles. The lowest BCUT2D eigenvalue weighted by Crippen LogP contribution is -2.07. The molecule has 0 bridgehead atoms. The van der Waals surface area contributed by atoms with Gasteiger partial charge in [-0.15, -0.1) is 0 Å². The molecule has 0 amide bonds. The van der Waals surface area contributed by atoms with Crippen LogP contribution < -0.4 is 0 Å². The van der Waals surface area contributed by atoms with Crippen LogP contribution in [0.25, 0.3) is 0 Å². The average molecular weight is 261 g/mol. The van der Waals surface area contributed by atoms with E-state index in [-0.39, 0.29) is 16.4 Å². The summed E-state index contributed by atoms with van der Waals surface area (Å²) in [5.41, 5.74) is 1.05. The highest BCUT2D eigenvalue weighted by Gasteiger charge is 2.14. The molecule has 18 heavy (non-hydrogen) atoms. The Labute approximate surface area is 107 Å². The standard InChI is InChI=1S/C14H15NO2S/c15-18(17,14-9-5-4-8-13(14)16)11-10-12-6-2-1-3-7-12/h1-9,15-16H,10-11H2/t18-/m1/s1. The largest absolute Gasteiger partial charge is 0.507 e. The highest BCUT2D eigenvalue weighted by molar-refractivity contribution is 7.92. The first-order chi connectivity index (χ1) is 8.59. The number of para-hydroxylation sites is 1. The molecule has 3 nitrogen and oxygen atoms in total. The Hall–Kier alpha value is -1.81. The number of nitrogens with one attached hydrogen (secondary N) is 1. The summed E-state index contributed by atoms with van der Waals surface area (Å²) in [6, 6.07) is 16.0. The second-order valence-electron chi connectivity index (χ2n) is 4.08. The number of hydrogen-bond donors (Lipinski definition) is 2. The molecule has 0 saturated heterocycles. The number of rotatable bonds is 4. The third kappa shape index (κ3) is 2.90. The zero-order valence-corrected chi connectivity index (χ0v) is 10.7. The van der Waals surface area contributed by atoms with Crippen LogP contribution in [0.2, 0.25) is 0 Å². The summed E-state index contributed by atoms with van der Waals surface area (Å²) in [6.07, 6.45) is 0.567. The Morgan fingerprint density at radius 1 is 1.00 bits per heavy atom. The lowest BCUT2D eigenvalue weighted by Gasteiger charge is -2.09. The molecule has 4 heteroatoms. The first-order valence-electron chi connectivity index (χ1n) is 5.68. The predicted octanol–water partition coefficient (Wildman–Crippen LogP) is 3.04. The van der Waals surface area contributed by atoms with Gasteiger partial charge in [-0.3, -0.25) is 0 Å². The lowest BCUT2D eigenvalue weighted by atomic mass is 10.2. The van der Waals surface area contributed by atoms with Crippen LogP contribution in [0, 0.1) is 4.78 Å². The van der Waals surface area contributed by atoms with Crippen LogP contribution in [0.5, 0.6) is 5.75 Å². The van der Waals surface area contributed by atoms with E-state index in [1.54, 1.807) is 18.2 Å². The molecule has 0 unspecified atom stereocenters. The minimum Gasteiger partial charge on any atom is -0.507 e. The number of aryl methyl sites for hydroxylation is 1. The highest BCUT2D eigenvalue weighted by atomic mass is 32.2. The van der Waals surface area contributed by atoms with Crippen molar-refractivity contribution in [3.8, 4) is 5.75 Å². The molecule has 0 aromatic heterocycles. The Bertz CT molecular complexity index is 621. The van der Waals surface area contributed by atoms with Crippen molar-refractivity contribution in [3.05, 3.63) is 60.2 Å². The van der Waals surface area contributed by atoms with Gasteiger partial charge in [-0.25, -0.2) is 8.99 Å². The van der Waals surface area contributed by atoms with Gasteiger partial charge in [0, 0.05) is 5.75 Å². The molecule has 0 saturated carbocycles. The Balaban J connectivity index is 2.16. The number of phenols is 1. The molecule has 0 aliphatic carbocycles. The van der Waals surface area contributed by atoms with Gasteiger partial charge in [0.05, 0.1) is 14.6 Å². The van der Waals surface area contributed by atoms with Crippen LogP contribution in [0.15, 0.2) is 59.5 Å². The minimum absolute atomic E-state index is 0.0643. The van der Waals surface area contributed by atoms with Gasteiger partial charge in [0.25, 0.3) is 0 Å². The van der Waals surface area contributed by atoms with Crippen molar-refractivity contribution in [2.45, 2.75) is 11.3 Å². The summed E-state index contributed by atoms with van der Waals surface area (Å²) in [5, 5.41) is 9.64. The number of benzene rings is 2. The number of phenolic OH excluding ortho intramolecular Hbond substituents is 1. The van der Waals surface area contributed by atoms with Crippen LogP contribution in [0.3, 0.4) is 0 Å². The van der Waals surface area contributed by atoms with E-state index in [0.717, 1.165) is 5.56 Å². The van der Waals surface area contributed by atoms with Crippen LogP contribution in [0.1, 0.15) is 5.56 Å². The number of hydrogen-bond acceptors (Lipinski definition) is 3. The van der Waals surface area contributed by atoms with Crippen LogP contribution in [-0.2, 0) is 16.1 Å². The van der Waals surface area contributed by atoms with Crippen LogP contribution >= 0.6 is 0 Å². The molecule has 2 rings (SSSR count). The summed E-state index contributed by atoms with van der Waals surface area (Å²) < 4.78 is 20.2. The maximum Gasteiger partial charge on any atom is 0.132 e. The predicted molar refractivity (Wildman–Crippen MR) is 72.2 cm³/mol. The second-order valence-corrected chi connectivity index (χ2v) is 6.28. The molecule has 2 N–H and O–H groups in total. The van der Waals surface area contributed by atoms with E-state index >= 15 is 0 Å². The van der Waals surface area contributed by atoms with Gasteiger partial charge in [-0.2, -0.15) is 0 Å². The SMILES string of the molecule is N=[S@@](=O)(CCc1ccccc1)c1ccccc1O. The summed E-state index contributed by atoms with van der Waals surface area (Å²) in [4.78, 5) is 0.223. The van der Waals surface area contributed by atoms with Gasteiger partial charge in [-0.1, -0.05) is 42.5 Å². The topological polar surface area (TPSA) is 61.2 Å². The Morgan fingerprint density at radius 2 is 1.61 bits per heavy atom. The first-order valence-corrected chi connectivity index (χ1v) is 7.41. The smallest absolute Gasteiger partial charge is 0.132 e. The summed E-state index contributed by atoms with van der Waals surface area (Å²) >= 11 is 0. The van der Waals surface area contributed by atoms with E-state index in [1.165, 1.54) is 6.07 Å². The maximum absolute atomic E-state index is 12.3. The quantitative estimate of drug-likeness (QED) is 0.888. The fourth-order valence-corrected chi connectivity index (χ4v) is 3.20. The minimum atomic E-state index is -2.94. The molecule has 0 aliphatic heterocycles. The van der Waals surface area contributed by atoms with E-state index in [0.29, 0.717) is 6.42 Å². The van der Waals surface area contributed by atoms with Gasteiger partial charge < -0.3 is 5.11 Å². The Kier molecular flexibility index (Phi) is 3.67. The average Bonchev–Trinajstić information content (AvgIpc) is 2.38. The van der Waals surface area contributed by atoms with Crippen LogP contribution in [0.4, 0.5) is 0 Å². The fourth-order valence-electron chi connectivity index (χ4n) is 1.75. The zero-order valence-electron chi connectivity index (χ0n) is 9.87. The molecule has 0 radical (unpaired) electrons. The third-order valence-corrected chi connectivity index (χ3v) is 4.58. The molecule has 2 aromatic carbocycles. The van der Waals surface area contributed by atoms with Crippen molar-refractivity contribution in [2.75, 3.05) is 5.75 Å². The summed E-state index contributed by atoms with van der Waals surface area (Å²) in [7, 11) is -2.94. The van der Waals surface area contributed by atoms with Crippen LogP contribution in [-0.4, -0.2) is 15.1 Å².